The van der Waals surface area contributed by atoms with Gasteiger partial charge in [0.15, 0.2) is 5.78 Å². The molecule has 0 saturated heterocycles. The number of ketones is 1. The van der Waals surface area contributed by atoms with Gasteiger partial charge in [0.2, 0.25) is 0 Å². The first-order valence-electron chi connectivity index (χ1n) is 8.24. The molecular formula is C21H20N2O. The number of hydrogen-bond donors (Lipinski definition) is 1. The Balaban J connectivity index is 2.01. The van der Waals surface area contributed by atoms with E-state index in [1.165, 1.54) is 16.5 Å². The van der Waals surface area contributed by atoms with Crippen molar-refractivity contribution in [3.8, 4) is 0 Å². The van der Waals surface area contributed by atoms with E-state index in [9.17, 15) is 4.79 Å². The number of rotatable bonds is 1. The average molecular weight is 316 g/mol. The summed E-state index contributed by atoms with van der Waals surface area (Å²) in [7, 11) is 0. The highest BCUT2D eigenvalue weighted by Gasteiger charge is 2.22. The lowest BCUT2D eigenvalue weighted by Gasteiger charge is -2.19. The summed E-state index contributed by atoms with van der Waals surface area (Å²) >= 11 is 0. The Morgan fingerprint density at radius 3 is 2.96 bits per heavy atom. The molecule has 1 aliphatic heterocycles. The van der Waals surface area contributed by atoms with Gasteiger partial charge in [-0.05, 0) is 49.1 Å². The Labute approximate surface area is 141 Å². The lowest BCUT2D eigenvalue weighted by atomic mass is 10.0. The highest BCUT2D eigenvalue weighted by atomic mass is 16.1. The topological polar surface area (TPSA) is 34.0 Å². The van der Waals surface area contributed by atoms with Crippen LogP contribution in [0.25, 0.3) is 22.8 Å². The van der Waals surface area contributed by atoms with Gasteiger partial charge in [-0.1, -0.05) is 30.9 Å². The van der Waals surface area contributed by atoms with Gasteiger partial charge in [-0.15, -0.1) is 0 Å². The molecule has 24 heavy (non-hydrogen) atoms. The predicted molar refractivity (Wildman–Crippen MR) is 99.6 cm³/mol. The number of nitrogens with zero attached hydrogens (tertiary/aromatic N) is 1. The second-order valence-electron chi connectivity index (χ2n) is 6.50. The Morgan fingerprint density at radius 2 is 2.12 bits per heavy atom. The molecule has 4 rings (SSSR count). The number of allylic oxidation sites excluding steroid dienone is 5. The van der Waals surface area contributed by atoms with Gasteiger partial charge in [0, 0.05) is 23.7 Å². The summed E-state index contributed by atoms with van der Waals surface area (Å²) in [5, 5.41) is 4.60. The molecule has 120 valence electrons. The van der Waals surface area contributed by atoms with Crippen molar-refractivity contribution < 1.29 is 4.79 Å². The van der Waals surface area contributed by atoms with E-state index in [0.717, 1.165) is 35.4 Å². The van der Waals surface area contributed by atoms with Gasteiger partial charge in [-0.3, -0.25) is 4.79 Å². The number of benzene rings is 1. The van der Waals surface area contributed by atoms with Crippen molar-refractivity contribution in [1.29, 1.82) is 0 Å². The van der Waals surface area contributed by atoms with Gasteiger partial charge in [0.25, 0.3) is 0 Å². The fraction of sp³-hybridized carbons (Fsp3) is 0.190. The van der Waals surface area contributed by atoms with Gasteiger partial charge in [0.1, 0.15) is 0 Å². The highest BCUT2D eigenvalue weighted by Crippen LogP contribution is 2.34. The maximum atomic E-state index is 12.5. The van der Waals surface area contributed by atoms with Crippen LogP contribution in [0.1, 0.15) is 23.7 Å². The fourth-order valence-corrected chi connectivity index (χ4v) is 3.54. The number of Topliss-reactive ketones (excluding diaryl/α,β-unsaturated/α-hetero) is 1. The second-order valence-corrected chi connectivity index (χ2v) is 6.50. The molecule has 2 aromatic rings. The fourth-order valence-electron chi connectivity index (χ4n) is 3.54. The first kappa shape index (κ1) is 14.8. The van der Waals surface area contributed by atoms with Gasteiger partial charge in [-0.25, -0.2) is 0 Å². The van der Waals surface area contributed by atoms with Crippen LogP contribution in [0.3, 0.4) is 0 Å². The van der Waals surface area contributed by atoms with Gasteiger partial charge in [0.05, 0.1) is 16.9 Å². The lowest BCUT2D eigenvalue weighted by Crippen LogP contribution is -2.23. The third-order valence-corrected chi connectivity index (χ3v) is 4.77. The van der Waals surface area contributed by atoms with E-state index in [1.54, 1.807) is 0 Å². The number of fused-ring (bicyclic) bond motifs is 3. The summed E-state index contributed by atoms with van der Waals surface area (Å²) in [4.78, 5) is 12.5. The van der Waals surface area contributed by atoms with Gasteiger partial charge >= 0.3 is 0 Å². The number of aryl methyl sites for hydroxylation is 1. The van der Waals surface area contributed by atoms with E-state index < -0.39 is 0 Å². The Morgan fingerprint density at radius 1 is 1.29 bits per heavy atom. The molecule has 2 aliphatic rings. The Hall–Kier alpha value is -2.81. The molecule has 1 aromatic heterocycles. The van der Waals surface area contributed by atoms with Crippen LogP contribution < -0.4 is 5.32 Å². The summed E-state index contributed by atoms with van der Waals surface area (Å²) in [6, 6.07) is 6.50. The molecule has 1 N–H and O–H groups in total. The van der Waals surface area contributed by atoms with Gasteiger partial charge in [-0.2, -0.15) is 0 Å². The van der Waals surface area contributed by atoms with Crippen LogP contribution >= 0.6 is 0 Å². The maximum absolute atomic E-state index is 12.5. The molecule has 0 atom stereocenters. The SMILES string of the molecule is C=C1NCCc2c1n(/C=C1/C=CC=C(C)C1=O)c1cc(C)ccc21. The second kappa shape index (κ2) is 5.38. The van der Waals surface area contributed by atoms with Gasteiger partial charge < -0.3 is 9.88 Å². The van der Waals surface area contributed by atoms with E-state index in [-0.39, 0.29) is 5.78 Å². The number of aromatic nitrogens is 1. The maximum Gasteiger partial charge on any atom is 0.190 e. The van der Waals surface area contributed by atoms with Crippen LogP contribution in [0, 0.1) is 6.92 Å². The molecule has 2 heterocycles. The molecule has 3 heteroatoms. The highest BCUT2D eigenvalue weighted by molar-refractivity contribution is 6.13. The van der Waals surface area contributed by atoms with Crippen LogP contribution in [0.5, 0.6) is 0 Å². The van der Waals surface area contributed by atoms with Crippen molar-refractivity contribution in [2.75, 3.05) is 6.54 Å². The van der Waals surface area contributed by atoms with Crippen molar-refractivity contribution in [3.63, 3.8) is 0 Å². The molecule has 0 radical (unpaired) electrons. The summed E-state index contributed by atoms with van der Waals surface area (Å²) < 4.78 is 2.13. The van der Waals surface area contributed by atoms with Crippen molar-refractivity contribution in [2.45, 2.75) is 20.3 Å². The number of carbonyl (C=O) groups is 1. The van der Waals surface area contributed by atoms with Crippen molar-refractivity contribution in [2.24, 2.45) is 0 Å². The zero-order valence-corrected chi connectivity index (χ0v) is 14.0. The minimum atomic E-state index is 0.0788. The predicted octanol–water partition coefficient (Wildman–Crippen LogP) is 3.99. The van der Waals surface area contributed by atoms with E-state index in [4.69, 9.17) is 0 Å². The number of hydrogen-bond acceptors (Lipinski definition) is 2. The summed E-state index contributed by atoms with van der Waals surface area (Å²) in [6.45, 7) is 9.03. The van der Waals surface area contributed by atoms with Crippen LogP contribution in [-0.4, -0.2) is 16.9 Å². The van der Waals surface area contributed by atoms with Crippen molar-refractivity contribution in [1.82, 2.24) is 9.88 Å². The first-order chi connectivity index (χ1) is 11.6. The average Bonchev–Trinajstić information content (AvgIpc) is 2.86. The molecule has 0 fully saturated rings. The van der Waals surface area contributed by atoms with Crippen LogP contribution in [0.15, 0.2) is 54.2 Å². The standard InChI is InChI=1S/C21H20N2O/c1-13-7-8-17-18-9-10-22-15(3)20(18)23(19(17)11-13)12-16-6-4-5-14(2)21(16)24/h4-8,11-12,22H,3,9-10H2,1-2H3/b16-12-. The number of nitrogens with one attached hydrogen (secondary N) is 1. The first-order valence-corrected chi connectivity index (χ1v) is 8.24. The Bertz CT molecular complexity index is 983. The summed E-state index contributed by atoms with van der Waals surface area (Å²) in [6.07, 6.45) is 8.58. The molecule has 1 aromatic carbocycles. The Kier molecular flexibility index (Phi) is 3.31. The molecule has 0 saturated carbocycles. The van der Waals surface area contributed by atoms with E-state index in [1.807, 2.05) is 31.4 Å². The van der Waals surface area contributed by atoms with E-state index in [0.29, 0.717) is 5.57 Å². The number of carbonyl (C=O) groups excluding carboxylic acids is 1. The van der Waals surface area contributed by atoms with Crippen LogP contribution in [0.2, 0.25) is 0 Å². The largest absolute Gasteiger partial charge is 0.383 e. The molecule has 0 amide bonds. The molecule has 3 nitrogen and oxygen atoms in total. The minimum Gasteiger partial charge on any atom is -0.383 e. The minimum absolute atomic E-state index is 0.0788. The third kappa shape index (κ3) is 2.16. The van der Waals surface area contributed by atoms with Crippen LogP contribution in [0.4, 0.5) is 0 Å². The van der Waals surface area contributed by atoms with Crippen molar-refractivity contribution >= 4 is 28.6 Å². The molecule has 0 unspecified atom stereocenters. The molecular weight excluding hydrogens is 296 g/mol. The summed E-state index contributed by atoms with van der Waals surface area (Å²) in [5.41, 5.74) is 7.12. The monoisotopic (exact) mass is 316 g/mol. The molecule has 1 aliphatic carbocycles. The van der Waals surface area contributed by atoms with Crippen molar-refractivity contribution in [3.05, 3.63) is 71.0 Å². The third-order valence-electron chi connectivity index (χ3n) is 4.77. The smallest absolute Gasteiger partial charge is 0.190 e. The van der Waals surface area contributed by atoms with E-state index >= 15 is 0 Å². The van der Waals surface area contributed by atoms with E-state index in [2.05, 4.69) is 41.6 Å². The van der Waals surface area contributed by atoms with Crippen LogP contribution in [-0.2, 0) is 11.2 Å². The zero-order chi connectivity index (χ0) is 16.8. The summed E-state index contributed by atoms with van der Waals surface area (Å²) in [5.74, 6) is 0.0788. The molecule has 0 spiro atoms. The lowest BCUT2D eigenvalue weighted by molar-refractivity contribution is -0.111. The normalized spacial score (nSPS) is 18.8. The molecule has 0 bridgehead atoms. The quantitative estimate of drug-likeness (QED) is 0.807. The zero-order valence-electron chi connectivity index (χ0n) is 14.0.